The summed E-state index contributed by atoms with van der Waals surface area (Å²) in [5, 5.41) is 1.09. The molecule has 1 aromatic heterocycles. The summed E-state index contributed by atoms with van der Waals surface area (Å²) in [7, 11) is 0. The van der Waals surface area contributed by atoms with Gasteiger partial charge in [-0.25, -0.2) is 0 Å². The fourth-order valence-electron chi connectivity index (χ4n) is 6.24. The van der Waals surface area contributed by atoms with E-state index >= 15 is 0 Å². The monoisotopic (exact) mass is 463 g/mol. The van der Waals surface area contributed by atoms with Gasteiger partial charge in [-0.05, 0) is 61.0 Å². The number of hydrogen-bond acceptors (Lipinski definition) is 2. The third-order valence-electron chi connectivity index (χ3n) is 8.12. The van der Waals surface area contributed by atoms with Crippen LogP contribution < -0.4 is 0 Å². The number of benzene rings is 3. The maximum Gasteiger partial charge on any atom is 0.256 e. The number of hydrogen-bond donors (Lipinski definition) is 1. The number of carbonyl (C=O) groups excluding carboxylic acids is 1. The average molecular weight is 464 g/mol. The lowest BCUT2D eigenvalue weighted by atomic mass is 9.86. The SMILES string of the molecule is O=C(c1cccc2cc[nH]c12)N1CC(CN2CCC(c3ccccc3)CC2)C(c2ccccc2)C1. The molecule has 4 nitrogen and oxygen atoms in total. The van der Waals surface area contributed by atoms with Crippen LogP contribution in [0.25, 0.3) is 10.9 Å². The van der Waals surface area contributed by atoms with Gasteiger partial charge in [0.1, 0.15) is 0 Å². The van der Waals surface area contributed by atoms with Crippen molar-refractivity contribution in [1.82, 2.24) is 14.8 Å². The maximum atomic E-state index is 13.7. The summed E-state index contributed by atoms with van der Waals surface area (Å²) >= 11 is 0. The Labute approximate surface area is 207 Å². The van der Waals surface area contributed by atoms with Crippen molar-refractivity contribution in [3.05, 3.63) is 108 Å². The molecule has 2 aliphatic rings. The number of carbonyl (C=O) groups is 1. The molecule has 2 atom stereocenters. The van der Waals surface area contributed by atoms with E-state index in [1.807, 2.05) is 24.4 Å². The van der Waals surface area contributed by atoms with Crippen molar-refractivity contribution in [2.24, 2.45) is 5.92 Å². The normalized spacial score (nSPS) is 21.5. The number of piperidine rings is 1. The maximum absolute atomic E-state index is 13.7. The first kappa shape index (κ1) is 22.1. The summed E-state index contributed by atoms with van der Waals surface area (Å²) in [4.78, 5) is 21.7. The lowest BCUT2D eigenvalue weighted by Crippen LogP contribution is -2.38. The third kappa shape index (κ3) is 4.51. The van der Waals surface area contributed by atoms with Crippen molar-refractivity contribution >= 4 is 16.8 Å². The molecule has 2 fully saturated rings. The summed E-state index contributed by atoms with van der Waals surface area (Å²) in [5.74, 6) is 1.62. The molecule has 0 aliphatic carbocycles. The van der Waals surface area contributed by atoms with Crippen molar-refractivity contribution in [2.75, 3.05) is 32.7 Å². The van der Waals surface area contributed by atoms with Crippen LogP contribution in [0.1, 0.15) is 46.2 Å². The van der Waals surface area contributed by atoms with E-state index in [0.29, 0.717) is 17.8 Å². The van der Waals surface area contributed by atoms with Crippen molar-refractivity contribution in [2.45, 2.75) is 24.7 Å². The number of nitrogens with one attached hydrogen (secondary N) is 1. The minimum absolute atomic E-state index is 0.143. The summed E-state index contributed by atoms with van der Waals surface area (Å²) in [6, 6.07) is 29.8. The molecular weight excluding hydrogens is 430 g/mol. The number of aromatic amines is 1. The Kier molecular flexibility index (Phi) is 6.13. The van der Waals surface area contributed by atoms with Crippen molar-refractivity contribution in [3.8, 4) is 0 Å². The van der Waals surface area contributed by atoms with Crippen LogP contribution in [0.4, 0.5) is 0 Å². The molecule has 4 aromatic rings. The van der Waals surface area contributed by atoms with Crippen LogP contribution in [-0.4, -0.2) is 53.4 Å². The molecule has 2 saturated heterocycles. The first-order valence-corrected chi connectivity index (χ1v) is 12.9. The van der Waals surface area contributed by atoms with Gasteiger partial charge >= 0.3 is 0 Å². The van der Waals surface area contributed by atoms with E-state index in [-0.39, 0.29) is 5.91 Å². The fourth-order valence-corrected chi connectivity index (χ4v) is 6.24. The Bertz CT molecular complexity index is 1270. The molecule has 3 aromatic carbocycles. The van der Waals surface area contributed by atoms with Gasteiger partial charge in [0.2, 0.25) is 0 Å². The zero-order chi connectivity index (χ0) is 23.6. The van der Waals surface area contributed by atoms with E-state index in [9.17, 15) is 4.79 Å². The van der Waals surface area contributed by atoms with Crippen LogP contribution in [0, 0.1) is 5.92 Å². The van der Waals surface area contributed by atoms with Gasteiger partial charge in [0.15, 0.2) is 0 Å². The van der Waals surface area contributed by atoms with Crippen LogP contribution in [0.2, 0.25) is 0 Å². The summed E-state index contributed by atoms with van der Waals surface area (Å²) < 4.78 is 0. The topological polar surface area (TPSA) is 39.3 Å². The number of amides is 1. The second kappa shape index (κ2) is 9.71. The molecule has 0 bridgehead atoms. The molecule has 0 radical (unpaired) electrons. The number of rotatable bonds is 5. The van der Waals surface area contributed by atoms with E-state index in [1.165, 1.54) is 24.0 Å². The number of aromatic nitrogens is 1. The van der Waals surface area contributed by atoms with Gasteiger partial charge in [-0.3, -0.25) is 4.79 Å². The van der Waals surface area contributed by atoms with Gasteiger partial charge in [0, 0.05) is 37.1 Å². The lowest BCUT2D eigenvalue weighted by molar-refractivity contribution is 0.0783. The van der Waals surface area contributed by atoms with Gasteiger partial charge in [0.25, 0.3) is 5.91 Å². The molecule has 1 N–H and O–H groups in total. The Morgan fingerprint density at radius 3 is 2.26 bits per heavy atom. The second-order valence-electron chi connectivity index (χ2n) is 10.2. The van der Waals surface area contributed by atoms with Crippen molar-refractivity contribution in [3.63, 3.8) is 0 Å². The molecule has 2 unspecified atom stereocenters. The first-order chi connectivity index (χ1) is 17.3. The zero-order valence-corrected chi connectivity index (χ0v) is 20.1. The third-order valence-corrected chi connectivity index (χ3v) is 8.12. The second-order valence-corrected chi connectivity index (χ2v) is 10.2. The van der Waals surface area contributed by atoms with Crippen molar-refractivity contribution in [1.29, 1.82) is 0 Å². The number of H-pyrrole nitrogens is 1. The molecule has 4 heteroatoms. The van der Waals surface area contributed by atoms with Gasteiger partial charge in [0.05, 0.1) is 11.1 Å². The lowest BCUT2D eigenvalue weighted by Gasteiger charge is -2.34. The standard InChI is InChI=1S/C31H33N3O/c35-31(28-13-7-12-26-14-17-32-30(26)28)34-21-27(29(22-34)25-10-5-2-6-11-25)20-33-18-15-24(16-19-33)23-8-3-1-4-9-23/h1-14,17,24,27,29,32H,15-16,18-22H2. The summed E-state index contributed by atoms with van der Waals surface area (Å²) in [6.07, 6.45) is 4.34. The Morgan fingerprint density at radius 1 is 0.800 bits per heavy atom. The van der Waals surface area contributed by atoms with Gasteiger partial charge < -0.3 is 14.8 Å². The van der Waals surface area contributed by atoms with Crippen LogP contribution >= 0.6 is 0 Å². The highest BCUT2D eigenvalue weighted by Crippen LogP contribution is 2.36. The van der Waals surface area contributed by atoms with Gasteiger partial charge in [-0.2, -0.15) is 0 Å². The molecule has 1 amide bonds. The first-order valence-electron chi connectivity index (χ1n) is 12.9. The molecule has 0 saturated carbocycles. The van der Waals surface area contributed by atoms with E-state index in [4.69, 9.17) is 0 Å². The zero-order valence-electron chi connectivity index (χ0n) is 20.1. The summed E-state index contributed by atoms with van der Waals surface area (Å²) in [6.45, 7) is 4.91. The Morgan fingerprint density at radius 2 is 1.51 bits per heavy atom. The van der Waals surface area contributed by atoms with E-state index < -0.39 is 0 Å². The molecule has 178 valence electrons. The number of fused-ring (bicyclic) bond motifs is 1. The highest BCUT2D eigenvalue weighted by Gasteiger charge is 2.38. The molecule has 6 rings (SSSR count). The van der Waals surface area contributed by atoms with E-state index in [0.717, 1.165) is 49.2 Å². The van der Waals surface area contributed by atoms with Crippen LogP contribution in [0.3, 0.4) is 0 Å². The van der Waals surface area contributed by atoms with E-state index in [2.05, 4.69) is 81.5 Å². The van der Waals surface area contributed by atoms with E-state index in [1.54, 1.807) is 0 Å². The molecule has 35 heavy (non-hydrogen) atoms. The number of nitrogens with zero attached hydrogens (tertiary/aromatic N) is 2. The predicted octanol–water partition coefficient (Wildman–Crippen LogP) is 5.90. The quantitative estimate of drug-likeness (QED) is 0.400. The predicted molar refractivity (Wildman–Crippen MR) is 142 cm³/mol. The molecule has 3 heterocycles. The highest BCUT2D eigenvalue weighted by atomic mass is 16.2. The highest BCUT2D eigenvalue weighted by molar-refractivity contribution is 6.05. The summed E-state index contributed by atoms with van der Waals surface area (Å²) in [5.41, 5.74) is 4.55. The minimum Gasteiger partial charge on any atom is -0.361 e. The van der Waals surface area contributed by atoms with Gasteiger partial charge in [-0.15, -0.1) is 0 Å². The average Bonchev–Trinajstić information content (AvgIpc) is 3.57. The Balaban J connectivity index is 1.18. The van der Waals surface area contributed by atoms with Crippen LogP contribution in [0.15, 0.2) is 91.1 Å². The number of para-hydroxylation sites is 1. The smallest absolute Gasteiger partial charge is 0.256 e. The van der Waals surface area contributed by atoms with Gasteiger partial charge in [-0.1, -0.05) is 72.8 Å². The van der Waals surface area contributed by atoms with Crippen molar-refractivity contribution < 1.29 is 4.79 Å². The minimum atomic E-state index is 0.143. The molecular formula is C31H33N3O. The molecule has 2 aliphatic heterocycles. The number of likely N-dealkylation sites (tertiary alicyclic amines) is 2. The Hall–Kier alpha value is -3.37. The largest absolute Gasteiger partial charge is 0.361 e. The van der Waals surface area contributed by atoms with Crippen LogP contribution in [0.5, 0.6) is 0 Å². The van der Waals surface area contributed by atoms with Crippen LogP contribution in [-0.2, 0) is 0 Å². The molecule has 0 spiro atoms. The fraction of sp³-hybridized carbons (Fsp3) is 0.323.